The Hall–Kier alpha value is -2.54. The van der Waals surface area contributed by atoms with Gasteiger partial charge in [0.2, 0.25) is 15.9 Å². The summed E-state index contributed by atoms with van der Waals surface area (Å²) in [4.78, 5) is 12.1. The van der Waals surface area contributed by atoms with Gasteiger partial charge >= 0.3 is 0 Å². The number of carbonyl (C=O) groups excluding carboxylic acids is 1. The first kappa shape index (κ1) is 18.8. The van der Waals surface area contributed by atoms with Gasteiger partial charge in [-0.05, 0) is 43.2 Å². The number of benzene rings is 2. The van der Waals surface area contributed by atoms with Crippen LogP contribution in [0.25, 0.3) is 0 Å². The van der Waals surface area contributed by atoms with Gasteiger partial charge in [-0.3, -0.25) is 9.52 Å². The van der Waals surface area contributed by atoms with Gasteiger partial charge in [-0.25, -0.2) is 8.42 Å². The van der Waals surface area contributed by atoms with Crippen LogP contribution < -0.4 is 14.8 Å². The van der Waals surface area contributed by atoms with Gasteiger partial charge in [0, 0.05) is 0 Å². The van der Waals surface area contributed by atoms with Crippen LogP contribution in [0.1, 0.15) is 17.5 Å². The summed E-state index contributed by atoms with van der Waals surface area (Å²) in [6, 6.07) is 12.5. The van der Waals surface area contributed by atoms with Gasteiger partial charge in [-0.15, -0.1) is 0 Å². The summed E-state index contributed by atoms with van der Waals surface area (Å²) in [5.41, 5.74) is 2.83. The van der Waals surface area contributed by atoms with Crippen molar-refractivity contribution in [2.75, 3.05) is 22.9 Å². The fourth-order valence-corrected chi connectivity index (χ4v) is 2.79. The van der Waals surface area contributed by atoms with Crippen LogP contribution in [0.4, 0.5) is 11.4 Å². The predicted molar refractivity (Wildman–Crippen MR) is 99.6 cm³/mol. The van der Waals surface area contributed by atoms with E-state index in [9.17, 15) is 13.2 Å². The molecule has 0 aromatic heterocycles. The molecule has 2 rings (SSSR count). The molecule has 0 atom stereocenters. The third kappa shape index (κ3) is 6.11. The van der Waals surface area contributed by atoms with Gasteiger partial charge in [0.25, 0.3) is 0 Å². The molecule has 134 valence electrons. The number of amides is 1. The molecule has 0 radical (unpaired) electrons. The Morgan fingerprint density at radius 1 is 1.08 bits per heavy atom. The largest absolute Gasteiger partial charge is 0.493 e. The van der Waals surface area contributed by atoms with E-state index < -0.39 is 10.0 Å². The van der Waals surface area contributed by atoms with E-state index in [1.165, 1.54) is 0 Å². The lowest BCUT2D eigenvalue weighted by molar-refractivity contribution is -0.116. The van der Waals surface area contributed by atoms with Gasteiger partial charge in [-0.2, -0.15) is 0 Å². The summed E-state index contributed by atoms with van der Waals surface area (Å²) in [5, 5.41) is 2.70. The van der Waals surface area contributed by atoms with E-state index in [0.717, 1.165) is 23.1 Å². The molecular formula is C18H22N2O4S. The van der Waals surface area contributed by atoms with Crippen molar-refractivity contribution in [1.82, 2.24) is 0 Å². The number of hydrogen-bond acceptors (Lipinski definition) is 4. The Labute approximate surface area is 148 Å². The maximum absolute atomic E-state index is 12.1. The van der Waals surface area contributed by atoms with Crippen molar-refractivity contribution in [3.63, 3.8) is 0 Å². The molecule has 2 N–H and O–H groups in total. The molecule has 0 aliphatic heterocycles. The molecule has 0 heterocycles. The number of rotatable bonds is 7. The van der Waals surface area contributed by atoms with Crippen molar-refractivity contribution in [2.45, 2.75) is 20.3 Å². The normalized spacial score (nSPS) is 11.0. The second-order valence-electron chi connectivity index (χ2n) is 5.84. The number of carbonyl (C=O) groups is 1. The number of nitrogens with one attached hydrogen (secondary N) is 2. The Morgan fingerprint density at radius 2 is 1.76 bits per heavy atom. The topological polar surface area (TPSA) is 84.5 Å². The molecular weight excluding hydrogens is 340 g/mol. The summed E-state index contributed by atoms with van der Waals surface area (Å²) in [6.45, 7) is 4.16. The van der Waals surface area contributed by atoms with Crippen LogP contribution in [-0.2, 0) is 14.8 Å². The quantitative estimate of drug-likeness (QED) is 0.793. The van der Waals surface area contributed by atoms with Crippen LogP contribution in [0, 0.1) is 13.8 Å². The molecule has 0 aliphatic rings. The number of anilines is 2. The van der Waals surface area contributed by atoms with E-state index in [0.29, 0.717) is 11.4 Å². The Bertz CT molecular complexity index is 863. The molecule has 0 bridgehead atoms. The summed E-state index contributed by atoms with van der Waals surface area (Å²) >= 11 is 0. The second-order valence-corrected chi connectivity index (χ2v) is 7.58. The van der Waals surface area contributed by atoms with Crippen molar-refractivity contribution in [3.05, 3.63) is 53.6 Å². The minimum absolute atomic E-state index is 0.153. The molecule has 0 aliphatic carbocycles. The number of sulfonamides is 1. The van der Waals surface area contributed by atoms with Crippen molar-refractivity contribution in [1.29, 1.82) is 0 Å². The number of aryl methyl sites for hydroxylation is 2. The highest BCUT2D eigenvalue weighted by Crippen LogP contribution is 2.22. The third-order valence-electron chi connectivity index (χ3n) is 3.43. The van der Waals surface area contributed by atoms with E-state index in [1.54, 1.807) is 24.3 Å². The number of para-hydroxylation sites is 2. The fourth-order valence-electron chi connectivity index (χ4n) is 2.21. The predicted octanol–water partition coefficient (Wildman–Crippen LogP) is 3.08. The van der Waals surface area contributed by atoms with Gasteiger partial charge < -0.3 is 10.1 Å². The first-order valence-corrected chi connectivity index (χ1v) is 9.70. The van der Waals surface area contributed by atoms with Gasteiger partial charge in [0.05, 0.1) is 30.7 Å². The van der Waals surface area contributed by atoms with Crippen molar-refractivity contribution in [3.8, 4) is 5.75 Å². The molecule has 2 aromatic rings. The molecule has 0 saturated heterocycles. The number of ether oxygens (including phenoxy) is 1. The van der Waals surface area contributed by atoms with E-state index in [4.69, 9.17) is 4.74 Å². The van der Waals surface area contributed by atoms with Crippen molar-refractivity contribution in [2.24, 2.45) is 0 Å². The number of hydrogen-bond donors (Lipinski definition) is 2. The van der Waals surface area contributed by atoms with E-state index in [-0.39, 0.29) is 18.9 Å². The maximum atomic E-state index is 12.1. The molecule has 0 fully saturated rings. The molecule has 7 heteroatoms. The van der Waals surface area contributed by atoms with Gasteiger partial charge in [-0.1, -0.05) is 24.3 Å². The highest BCUT2D eigenvalue weighted by Gasteiger charge is 2.10. The zero-order valence-electron chi connectivity index (χ0n) is 14.5. The molecule has 25 heavy (non-hydrogen) atoms. The summed E-state index contributed by atoms with van der Waals surface area (Å²) in [6.07, 6.45) is 1.21. The van der Waals surface area contributed by atoms with Crippen LogP contribution >= 0.6 is 0 Å². The molecule has 6 nitrogen and oxygen atoms in total. The highest BCUT2D eigenvalue weighted by molar-refractivity contribution is 7.92. The van der Waals surface area contributed by atoms with E-state index >= 15 is 0 Å². The molecule has 0 spiro atoms. The first-order valence-electron chi connectivity index (χ1n) is 7.81. The van der Waals surface area contributed by atoms with Gasteiger partial charge in [0.15, 0.2) is 0 Å². The van der Waals surface area contributed by atoms with E-state index in [2.05, 4.69) is 10.0 Å². The minimum atomic E-state index is -3.42. The smallest absolute Gasteiger partial charge is 0.229 e. The lowest BCUT2D eigenvalue weighted by Gasteiger charge is -2.13. The summed E-state index contributed by atoms with van der Waals surface area (Å²) in [5.74, 6) is 0.500. The molecule has 1 amide bonds. The molecule has 2 aromatic carbocycles. The fraction of sp³-hybridized carbons (Fsp3) is 0.278. The van der Waals surface area contributed by atoms with Crippen LogP contribution in [0.2, 0.25) is 0 Å². The van der Waals surface area contributed by atoms with Crippen LogP contribution in [-0.4, -0.2) is 27.2 Å². The summed E-state index contributed by atoms with van der Waals surface area (Å²) in [7, 11) is -3.42. The Kier molecular flexibility index (Phi) is 6.03. The Morgan fingerprint density at radius 3 is 2.44 bits per heavy atom. The second kappa shape index (κ2) is 8.02. The average Bonchev–Trinajstić information content (AvgIpc) is 2.51. The molecule has 0 unspecified atom stereocenters. The highest BCUT2D eigenvalue weighted by atomic mass is 32.2. The Balaban J connectivity index is 1.94. The van der Waals surface area contributed by atoms with Crippen molar-refractivity contribution < 1.29 is 17.9 Å². The summed E-state index contributed by atoms with van der Waals surface area (Å²) < 4.78 is 30.8. The van der Waals surface area contributed by atoms with Crippen molar-refractivity contribution >= 4 is 27.3 Å². The minimum Gasteiger partial charge on any atom is -0.493 e. The molecule has 0 saturated carbocycles. The maximum Gasteiger partial charge on any atom is 0.229 e. The average molecular weight is 362 g/mol. The monoisotopic (exact) mass is 362 g/mol. The van der Waals surface area contributed by atoms with Crippen LogP contribution in [0.15, 0.2) is 42.5 Å². The first-order chi connectivity index (χ1) is 11.7. The SMILES string of the molecule is Cc1ccc(C)c(OCCC(=O)Nc2ccccc2NS(C)(=O)=O)c1. The van der Waals surface area contributed by atoms with E-state index in [1.807, 2.05) is 32.0 Å². The standard InChI is InChI=1S/C18H22N2O4S/c1-13-8-9-14(2)17(12-13)24-11-10-18(21)19-15-6-4-5-7-16(15)20-25(3,22)23/h4-9,12,20H,10-11H2,1-3H3,(H,19,21). The third-order valence-corrected chi connectivity index (χ3v) is 4.02. The lowest BCUT2D eigenvalue weighted by Crippen LogP contribution is -2.18. The zero-order valence-corrected chi connectivity index (χ0v) is 15.3. The lowest BCUT2D eigenvalue weighted by atomic mass is 10.1. The zero-order chi connectivity index (χ0) is 18.4. The van der Waals surface area contributed by atoms with Crippen LogP contribution in [0.5, 0.6) is 5.75 Å². The van der Waals surface area contributed by atoms with Gasteiger partial charge in [0.1, 0.15) is 5.75 Å². The van der Waals surface area contributed by atoms with Crippen LogP contribution in [0.3, 0.4) is 0 Å².